The number of nitrogens with zero attached hydrogens (tertiary/aromatic N) is 5. The fraction of sp³-hybridized carbons (Fsp3) is 0.500. The van der Waals surface area contributed by atoms with Crippen LogP contribution in [0.25, 0.3) is 32.9 Å². The van der Waals surface area contributed by atoms with Crippen LogP contribution in [0.2, 0.25) is 0 Å². The first kappa shape index (κ1) is 29.1. The summed E-state index contributed by atoms with van der Waals surface area (Å²) >= 11 is 0. The maximum atomic E-state index is 17.0. The van der Waals surface area contributed by atoms with Gasteiger partial charge in [0.15, 0.2) is 5.82 Å². The first-order chi connectivity index (χ1) is 21.4. The van der Waals surface area contributed by atoms with E-state index in [4.69, 9.17) is 24.4 Å². The number of fused-ring (bicyclic) bond motifs is 3. The van der Waals surface area contributed by atoms with Crippen molar-refractivity contribution in [2.75, 3.05) is 50.9 Å². The molecular formula is C34H39F2N5O3. The molecule has 0 bridgehead atoms. The highest BCUT2D eigenvalue weighted by Crippen LogP contribution is 2.42. The summed E-state index contributed by atoms with van der Waals surface area (Å²) in [7, 11) is 0. The molecule has 232 valence electrons. The number of hydrogen-bond acceptors (Lipinski definition) is 8. The van der Waals surface area contributed by atoms with Crippen LogP contribution in [0.1, 0.15) is 57.2 Å². The Labute approximate surface area is 256 Å². The second-order valence-electron chi connectivity index (χ2n) is 12.3. The minimum absolute atomic E-state index is 0.0213. The first-order valence-electron chi connectivity index (χ1n) is 16.0. The molecule has 44 heavy (non-hydrogen) atoms. The van der Waals surface area contributed by atoms with E-state index >= 15 is 8.78 Å². The molecule has 3 aliphatic rings. The number of aromatic hydroxyl groups is 1. The molecule has 2 aromatic carbocycles. The fourth-order valence-corrected chi connectivity index (χ4v) is 7.58. The van der Waals surface area contributed by atoms with Crippen molar-refractivity contribution in [2.45, 2.75) is 64.3 Å². The number of phenols is 1. The monoisotopic (exact) mass is 603 g/mol. The van der Waals surface area contributed by atoms with Gasteiger partial charge in [0, 0.05) is 25.3 Å². The lowest BCUT2D eigenvalue weighted by atomic mass is 9.94. The number of rotatable bonds is 7. The van der Waals surface area contributed by atoms with Crippen molar-refractivity contribution in [1.29, 1.82) is 0 Å². The quantitative estimate of drug-likeness (QED) is 0.268. The standard InChI is InChI=1S/C34H39F2N5O3/c1-3-23-25(35)9-8-21-18-22(42)19-24(27(21)23)30-29(36)31-28(26(4-2)37-30)32(40-12-7-16-43-17-15-40)39-33(38-31)44-20-34-10-5-13-41(34)14-6-11-34/h8-9,18-19,42H,3-7,10-17,20H2,1-2H3. The van der Waals surface area contributed by atoms with Crippen LogP contribution < -0.4 is 9.64 Å². The Balaban J connectivity index is 1.44. The summed E-state index contributed by atoms with van der Waals surface area (Å²) in [5, 5.41) is 12.4. The molecule has 0 radical (unpaired) electrons. The third-order valence-corrected chi connectivity index (χ3v) is 9.72. The number of phenolic OH excluding ortho intramolecular Hbond substituents is 1. The third kappa shape index (κ3) is 4.92. The van der Waals surface area contributed by atoms with Gasteiger partial charge in [-0.05, 0) is 92.6 Å². The van der Waals surface area contributed by atoms with Gasteiger partial charge in [0.1, 0.15) is 35.2 Å². The number of anilines is 1. The van der Waals surface area contributed by atoms with Crippen molar-refractivity contribution in [3.8, 4) is 23.0 Å². The summed E-state index contributed by atoms with van der Waals surface area (Å²) in [6.07, 6.45) is 6.13. The van der Waals surface area contributed by atoms with Gasteiger partial charge < -0.3 is 19.5 Å². The Kier molecular flexibility index (Phi) is 7.74. The van der Waals surface area contributed by atoms with E-state index in [1.807, 2.05) is 13.8 Å². The number of halogens is 2. The molecule has 3 saturated heterocycles. The van der Waals surface area contributed by atoms with E-state index in [2.05, 4.69) is 9.80 Å². The molecule has 0 unspecified atom stereocenters. The van der Waals surface area contributed by atoms with E-state index in [9.17, 15) is 5.11 Å². The zero-order valence-electron chi connectivity index (χ0n) is 25.5. The van der Waals surface area contributed by atoms with E-state index in [1.54, 1.807) is 12.1 Å². The van der Waals surface area contributed by atoms with Crippen molar-refractivity contribution in [1.82, 2.24) is 19.9 Å². The summed E-state index contributed by atoms with van der Waals surface area (Å²) in [4.78, 5) is 19.1. The fourth-order valence-electron chi connectivity index (χ4n) is 7.58. The Bertz CT molecular complexity index is 1710. The zero-order chi connectivity index (χ0) is 30.4. The largest absolute Gasteiger partial charge is 0.508 e. The maximum absolute atomic E-state index is 17.0. The molecule has 0 atom stereocenters. The molecule has 5 heterocycles. The average Bonchev–Trinajstić information content (AvgIpc) is 3.49. The summed E-state index contributed by atoms with van der Waals surface area (Å²) < 4.78 is 44.1. The smallest absolute Gasteiger partial charge is 0.319 e. The number of pyridine rings is 1. The molecule has 3 fully saturated rings. The Morgan fingerprint density at radius 1 is 0.932 bits per heavy atom. The van der Waals surface area contributed by atoms with Gasteiger partial charge >= 0.3 is 6.01 Å². The third-order valence-electron chi connectivity index (χ3n) is 9.72. The Hall–Kier alpha value is -3.63. The number of hydrogen-bond donors (Lipinski definition) is 1. The van der Waals surface area contributed by atoms with E-state index in [1.165, 1.54) is 12.1 Å². The molecule has 0 spiro atoms. The SMILES string of the molecule is CCc1c(F)ccc2cc(O)cc(-c3nc(CC)c4c(N5CCCOCC5)nc(OCC56CCCN5CCC6)nc4c3F)c12. The van der Waals surface area contributed by atoms with Gasteiger partial charge in [-0.15, -0.1) is 0 Å². The van der Waals surface area contributed by atoms with Gasteiger partial charge in [-0.2, -0.15) is 9.97 Å². The van der Waals surface area contributed by atoms with E-state index in [-0.39, 0.29) is 34.3 Å². The molecule has 4 aromatic rings. The van der Waals surface area contributed by atoms with E-state index < -0.39 is 5.82 Å². The average molecular weight is 604 g/mol. The van der Waals surface area contributed by atoms with Crippen molar-refractivity contribution in [3.63, 3.8) is 0 Å². The molecule has 0 amide bonds. The summed E-state index contributed by atoms with van der Waals surface area (Å²) in [6.45, 7) is 8.92. The van der Waals surface area contributed by atoms with Crippen molar-refractivity contribution >= 4 is 27.5 Å². The topological polar surface area (TPSA) is 83.8 Å². The van der Waals surface area contributed by atoms with Gasteiger partial charge in [-0.3, -0.25) is 4.90 Å². The van der Waals surface area contributed by atoms with Crippen LogP contribution in [-0.2, 0) is 17.6 Å². The number of aryl methyl sites for hydroxylation is 2. The van der Waals surface area contributed by atoms with Crippen LogP contribution in [0.4, 0.5) is 14.6 Å². The van der Waals surface area contributed by atoms with Crippen LogP contribution in [0.5, 0.6) is 11.8 Å². The normalized spacial score (nSPS) is 18.7. The number of benzene rings is 2. The Morgan fingerprint density at radius 3 is 2.52 bits per heavy atom. The predicted molar refractivity (Wildman–Crippen MR) is 167 cm³/mol. The highest BCUT2D eigenvalue weighted by atomic mass is 19.1. The number of ether oxygens (including phenoxy) is 2. The van der Waals surface area contributed by atoms with Crippen LogP contribution in [-0.4, -0.2) is 76.5 Å². The minimum Gasteiger partial charge on any atom is -0.508 e. The number of aromatic nitrogens is 3. The Morgan fingerprint density at radius 2 is 1.75 bits per heavy atom. The second kappa shape index (κ2) is 11.7. The van der Waals surface area contributed by atoms with Crippen LogP contribution in [0, 0.1) is 11.6 Å². The molecule has 1 N–H and O–H groups in total. The van der Waals surface area contributed by atoms with Gasteiger partial charge in [-0.25, -0.2) is 13.8 Å². The summed E-state index contributed by atoms with van der Waals surface area (Å²) in [5.41, 5.74) is 1.54. The maximum Gasteiger partial charge on any atom is 0.319 e. The second-order valence-corrected chi connectivity index (χ2v) is 12.3. The molecule has 0 aliphatic carbocycles. The van der Waals surface area contributed by atoms with Crippen molar-refractivity contribution in [3.05, 3.63) is 47.2 Å². The molecule has 10 heteroatoms. The van der Waals surface area contributed by atoms with Crippen LogP contribution >= 0.6 is 0 Å². The van der Waals surface area contributed by atoms with Crippen LogP contribution in [0.3, 0.4) is 0 Å². The first-order valence-corrected chi connectivity index (χ1v) is 16.0. The predicted octanol–water partition coefficient (Wildman–Crippen LogP) is 6.19. The molecule has 8 nitrogen and oxygen atoms in total. The highest BCUT2D eigenvalue weighted by Gasteiger charge is 2.45. The van der Waals surface area contributed by atoms with E-state index in [0.29, 0.717) is 84.5 Å². The molecule has 2 aromatic heterocycles. The summed E-state index contributed by atoms with van der Waals surface area (Å²) in [6, 6.07) is 6.17. The van der Waals surface area contributed by atoms with E-state index in [0.717, 1.165) is 45.2 Å². The molecule has 3 aliphatic heterocycles. The molecule has 0 saturated carbocycles. The van der Waals surface area contributed by atoms with Gasteiger partial charge in [-0.1, -0.05) is 19.9 Å². The van der Waals surface area contributed by atoms with Crippen molar-refractivity contribution < 1.29 is 23.4 Å². The molecule has 7 rings (SSSR count). The molecular weight excluding hydrogens is 564 g/mol. The summed E-state index contributed by atoms with van der Waals surface area (Å²) in [5.74, 6) is -0.468. The van der Waals surface area contributed by atoms with Crippen molar-refractivity contribution in [2.24, 2.45) is 0 Å². The zero-order valence-corrected chi connectivity index (χ0v) is 25.5. The lowest BCUT2D eigenvalue weighted by Gasteiger charge is -2.31. The lowest BCUT2D eigenvalue weighted by Crippen LogP contribution is -2.43. The van der Waals surface area contributed by atoms with Crippen LogP contribution in [0.15, 0.2) is 24.3 Å². The van der Waals surface area contributed by atoms with Gasteiger partial charge in [0.05, 0.1) is 23.2 Å². The van der Waals surface area contributed by atoms with Gasteiger partial charge in [0.2, 0.25) is 0 Å². The van der Waals surface area contributed by atoms with Gasteiger partial charge in [0.25, 0.3) is 0 Å². The lowest BCUT2D eigenvalue weighted by molar-refractivity contribution is 0.108. The highest BCUT2D eigenvalue weighted by molar-refractivity contribution is 6.02. The minimum atomic E-state index is -0.642.